The molecule has 0 spiro atoms. The topological polar surface area (TPSA) is 72.0 Å². The van der Waals surface area contributed by atoms with E-state index >= 15 is 0 Å². The molecule has 45 heavy (non-hydrogen) atoms. The number of halogens is 6. The van der Waals surface area contributed by atoms with E-state index in [0.29, 0.717) is 48.1 Å². The number of aromatic nitrogens is 1. The molecule has 1 aliphatic heterocycles. The molecule has 4 rings (SSSR count). The first-order chi connectivity index (χ1) is 21.0. The third kappa shape index (κ3) is 8.09. The quantitative estimate of drug-likeness (QED) is 0.203. The predicted octanol–water partition coefficient (Wildman–Crippen LogP) is 8.18. The highest BCUT2D eigenvalue weighted by Gasteiger charge is 2.43. The molecule has 1 saturated heterocycles. The Labute approximate surface area is 258 Å². The number of nitrogens with zero attached hydrogens (tertiary/aromatic N) is 3. The van der Waals surface area contributed by atoms with Crippen molar-refractivity contribution in [3.63, 3.8) is 0 Å². The van der Waals surface area contributed by atoms with Crippen LogP contribution in [-0.4, -0.2) is 47.2 Å². The van der Waals surface area contributed by atoms with Crippen LogP contribution in [0.4, 0.5) is 36.8 Å². The third-order valence-electron chi connectivity index (χ3n) is 8.37. The molecular formula is C32H37F6N3O4. The van der Waals surface area contributed by atoms with E-state index in [-0.39, 0.29) is 24.7 Å². The molecule has 0 bridgehead atoms. The number of ether oxygens (including phenoxy) is 2. The van der Waals surface area contributed by atoms with Gasteiger partial charge in [-0.1, -0.05) is 6.58 Å². The second kappa shape index (κ2) is 13.3. The monoisotopic (exact) mass is 641 g/mol. The Morgan fingerprint density at radius 3 is 2.16 bits per heavy atom. The lowest BCUT2D eigenvalue weighted by molar-refractivity contribution is -0.148. The molecule has 1 amide bonds. The number of allylic oxidation sites excluding steroid dienone is 1. The van der Waals surface area contributed by atoms with Crippen LogP contribution in [0.15, 0.2) is 36.9 Å². The van der Waals surface area contributed by atoms with E-state index in [4.69, 9.17) is 14.5 Å². The number of cyclic esters (lactones) is 1. The van der Waals surface area contributed by atoms with Crippen molar-refractivity contribution in [2.75, 3.05) is 18.0 Å². The fourth-order valence-corrected chi connectivity index (χ4v) is 5.98. The lowest BCUT2D eigenvalue weighted by Crippen LogP contribution is -2.36. The van der Waals surface area contributed by atoms with Crippen molar-refractivity contribution in [1.82, 2.24) is 9.88 Å². The first-order valence-corrected chi connectivity index (χ1v) is 14.8. The fourth-order valence-electron chi connectivity index (χ4n) is 5.98. The molecule has 0 unspecified atom stereocenters. The molecule has 7 nitrogen and oxygen atoms in total. The number of pyridine rings is 1. The summed E-state index contributed by atoms with van der Waals surface area (Å²) in [6, 6.07) is 4.02. The van der Waals surface area contributed by atoms with Crippen LogP contribution in [0, 0.1) is 5.92 Å². The van der Waals surface area contributed by atoms with E-state index in [1.807, 2.05) is 19.1 Å². The van der Waals surface area contributed by atoms with E-state index in [0.717, 1.165) is 31.4 Å². The Kier molecular flexibility index (Phi) is 10.1. The second-order valence-corrected chi connectivity index (χ2v) is 11.7. The van der Waals surface area contributed by atoms with Crippen LogP contribution in [0.1, 0.15) is 87.6 Å². The van der Waals surface area contributed by atoms with Gasteiger partial charge in [0, 0.05) is 20.0 Å². The van der Waals surface area contributed by atoms with Crippen LogP contribution in [0.2, 0.25) is 0 Å². The maximum absolute atomic E-state index is 13.5. The molecule has 1 aromatic heterocycles. The van der Waals surface area contributed by atoms with Gasteiger partial charge in [0.2, 0.25) is 0 Å². The zero-order chi connectivity index (χ0) is 33.3. The van der Waals surface area contributed by atoms with E-state index in [9.17, 15) is 35.9 Å². The lowest BCUT2D eigenvalue weighted by Gasteiger charge is -2.34. The summed E-state index contributed by atoms with van der Waals surface area (Å²) in [6.07, 6.45) is -9.19. The lowest BCUT2D eigenvalue weighted by atomic mass is 9.87. The molecule has 1 aliphatic carbocycles. The summed E-state index contributed by atoms with van der Waals surface area (Å²) < 4.78 is 91.9. The summed E-state index contributed by atoms with van der Waals surface area (Å²) in [6.45, 7) is 11.8. The van der Waals surface area contributed by atoms with Gasteiger partial charge in [-0.15, -0.1) is 0 Å². The number of hydrogen-bond acceptors (Lipinski definition) is 6. The number of amides is 1. The van der Waals surface area contributed by atoms with Gasteiger partial charge in [-0.2, -0.15) is 26.3 Å². The summed E-state index contributed by atoms with van der Waals surface area (Å²) in [5, 5.41) is 0. The van der Waals surface area contributed by atoms with Crippen molar-refractivity contribution in [3.8, 4) is 0 Å². The van der Waals surface area contributed by atoms with Crippen molar-refractivity contribution in [3.05, 3.63) is 65.0 Å². The summed E-state index contributed by atoms with van der Waals surface area (Å²) >= 11 is 0. The highest BCUT2D eigenvalue weighted by Crippen LogP contribution is 2.41. The number of esters is 1. The number of carbonyl (C=O) groups is 2. The minimum Gasteiger partial charge on any atom is -0.463 e. The Hall–Kier alpha value is -3.77. The standard InChI is InChI=1S/C32H37F6N3O4/c1-6-40(16-21-7-9-25(10-8-21)44-20(5)42)28-12-11-26(18(2)3)39-27(28)17-41-19(4)29(45-30(41)43)22-13-23(31(33,34)35)15-24(14-22)32(36,37)38/h11-15,19,21,25,29H,2,6-10,16-17H2,1,3-5H3/t19-,21-,25-,29-/m0/s1. The van der Waals surface area contributed by atoms with E-state index in [1.54, 1.807) is 6.92 Å². The molecule has 0 radical (unpaired) electrons. The molecule has 2 aliphatic rings. The fraction of sp³-hybridized carbons (Fsp3) is 0.531. The van der Waals surface area contributed by atoms with Gasteiger partial charge < -0.3 is 14.4 Å². The highest BCUT2D eigenvalue weighted by atomic mass is 19.4. The molecule has 0 N–H and O–H groups in total. The van der Waals surface area contributed by atoms with Crippen LogP contribution in [0.25, 0.3) is 5.57 Å². The number of rotatable bonds is 9. The van der Waals surface area contributed by atoms with Crippen LogP contribution in [0.3, 0.4) is 0 Å². The van der Waals surface area contributed by atoms with Gasteiger partial charge in [0.05, 0.1) is 40.8 Å². The third-order valence-corrected chi connectivity index (χ3v) is 8.37. The van der Waals surface area contributed by atoms with E-state index < -0.39 is 47.3 Å². The average molecular weight is 642 g/mol. The molecule has 2 heterocycles. The largest absolute Gasteiger partial charge is 0.463 e. The Morgan fingerprint density at radius 1 is 1.04 bits per heavy atom. The Morgan fingerprint density at radius 2 is 1.64 bits per heavy atom. The van der Waals surface area contributed by atoms with Crippen molar-refractivity contribution >= 4 is 23.3 Å². The molecular weight excluding hydrogens is 604 g/mol. The Bertz CT molecular complexity index is 1390. The SMILES string of the molecule is C=C(C)c1ccc(N(CC)C[C@H]2CC[C@H](OC(C)=O)CC2)c(CN2C(=O)O[C@H](c3cc(C(F)(F)F)cc(C(F)(F)F)c3)[C@@H]2C)n1. The number of hydrogen-bond donors (Lipinski definition) is 0. The first-order valence-electron chi connectivity index (χ1n) is 14.8. The van der Waals surface area contributed by atoms with Crippen LogP contribution in [0.5, 0.6) is 0 Å². The summed E-state index contributed by atoms with van der Waals surface area (Å²) in [5.74, 6) is 0.0157. The number of benzene rings is 1. The summed E-state index contributed by atoms with van der Waals surface area (Å²) in [4.78, 5) is 32.6. The van der Waals surface area contributed by atoms with Crippen LogP contribution >= 0.6 is 0 Å². The molecule has 13 heteroatoms. The van der Waals surface area contributed by atoms with Gasteiger partial charge in [-0.3, -0.25) is 9.69 Å². The van der Waals surface area contributed by atoms with E-state index in [2.05, 4.69) is 11.5 Å². The van der Waals surface area contributed by atoms with Crippen LogP contribution < -0.4 is 4.90 Å². The average Bonchev–Trinajstić information content (AvgIpc) is 3.24. The first kappa shape index (κ1) is 34.1. The zero-order valence-electron chi connectivity index (χ0n) is 25.6. The van der Waals surface area contributed by atoms with Gasteiger partial charge in [-0.25, -0.2) is 9.78 Å². The van der Waals surface area contributed by atoms with Crippen LogP contribution in [-0.2, 0) is 33.2 Å². The van der Waals surface area contributed by atoms with Crippen molar-refractivity contribution in [2.24, 2.45) is 5.92 Å². The highest BCUT2D eigenvalue weighted by molar-refractivity contribution is 5.72. The van der Waals surface area contributed by atoms with Crippen molar-refractivity contribution < 1.29 is 45.4 Å². The molecule has 1 saturated carbocycles. The van der Waals surface area contributed by atoms with Gasteiger partial charge in [0.25, 0.3) is 0 Å². The summed E-state index contributed by atoms with van der Waals surface area (Å²) in [5.41, 5.74) is -0.865. The summed E-state index contributed by atoms with van der Waals surface area (Å²) in [7, 11) is 0. The molecule has 2 atom stereocenters. The maximum atomic E-state index is 13.5. The van der Waals surface area contributed by atoms with Gasteiger partial charge in [0.15, 0.2) is 0 Å². The smallest absolute Gasteiger partial charge is 0.416 e. The molecule has 1 aromatic carbocycles. The van der Waals surface area contributed by atoms with Crippen molar-refractivity contribution in [1.29, 1.82) is 0 Å². The second-order valence-electron chi connectivity index (χ2n) is 11.7. The number of carbonyl (C=O) groups excluding carboxylic acids is 2. The minimum absolute atomic E-state index is 0.0458. The maximum Gasteiger partial charge on any atom is 0.416 e. The molecule has 2 fully saturated rings. The van der Waals surface area contributed by atoms with Gasteiger partial charge in [-0.05, 0) is 93.8 Å². The Balaban J connectivity index is 1.61. The molecule has 246 valence electrons. The molecule has 2 aromatic rings. The number of alkyl halides is 6. The van der Waals surface area contributed by atoms with Gasteiger partial charge in [0.1, 0.15) is 12.2 Å². The van der Waals surface area contributed by atoms with Crippen molar-refractivity contribution in [2.45, 2.75) is 90.5 Å². The zero-order valence-corrected chi connectivity index (χ0v) is 25.6. The minimum atomic E-state index is -5.04. The predicted molar refractivity (Wildman–Crippen MR) is 155 cm³/mol. The van der Waals surface area contributed by atoms with E-state index in [1.165, 1.54) is 18.7 Å². The normalized spacial score (nSPS) is 22.3. The van der Waals surface area contributed by atoms with Gasteiger partial charge >= 0.3 is 24.4 Å². The number of anilines is 1.